The van der Waals surface area contributed by atoms with Gasteiger partial charge < -0.3 is 4.84 Å². The lowest BCUT2D eigenvalue weighted by Crippen LogP contribution is -2.05. The van der Waals surface area contributed by atoms with Gasteiger partial charge in [-0.1, -0.05) is 0 Å². The molecule has 1 aromatic carbocycles. The maximum Gasteiger partial charge on any atom is 0.137 e. The van der Waals surface area contributed by atoms with Crippen LogP contribution in [0.1, 0.15) is 5.56 Å². The molecule has 5 heteroatoms. The molecule has 0 aliphatic rings. The van der Waals surface area contributed by atoms with Gasteiger partial charge in [0.25, 0.3) is 0 Å². The average molecular weight is 219 g/mol. The number of rotatable bonds is 4. The number of halogens is 2. The van der Waals surface area contributed by atoms with Crippen molar-refractivity contribution in [2.75, 3.05) is 12.9 Å². The van der Waals surface area contributed by atoms with Gasteiger partial charge in [0.1, 0.15) is 11.6 Å². The molecule has 2 N–H and O–H groups in total. The highest BCUT2D eigenvalue weighted by molar-refractivity contribution is 7.98. The van der Waals surface area contributed by atoms with Crippen LogP contribution in [0.25, 0.3) is 0 Å². The third kappa shape index (κ3) is 2.67. The van der Waals surface area contributed by atoms with Crippen molar-refractivity contribution in [1.29, 1.82) is 0 Å². The van der Waals surface area contributed by atoms with Gasteiger partial charge in [-0.25, -0.2) is 14.7 Å². The highest BCUT2D eigenvalue weighted by atomic mass is 32.2. The van der Waals surface area contributed by atoms with E-state index in [2.05, 4.69) is 4.84 Å². The predicted octanol–water partition coefficient (Wildman–Crippen LogP) is 2.12. The Morgan fingerprint density at radius 1 is 1.36 bits per heavy atom. The fraction of sp³-hybridized carbons (Fsp3) is 0.333. The molecule has 1 rings (SSSR count). The lowest BCUT2D eigenvalue weighted by Gasteiger charge is -2.05. The normalized spacial score (nSPS) is 10.6. The van der Waals surface area contributed by atoms with E-state index in [-0.39, 0.29) is 18.6 Å². The van der Waals surface area contributed by atoms with Crippen molar-refractivity contribution in [2.45, 2.75) is 11.3 Å². The molecule has 0 saturated heterocycles. The number of hydrogen-bond donors (Lipinski definition) is 1. The molecule has 0 saturated carbocycles. The molecule has 1 aromatic rings. The Hall–Kier alpha value is -0.650. The molecular weight excluding hydrogens is 208 g/mol. The average Bonchev–Trinajstić information content (AvgIpc) is 2.18. The largest absolute Gasteiger partial charge is 0.304 e. The topological polar surface area (TPSA) is 35.2 Å². The maximum atomic E-state index is 13.3. The minimum Gasteiger partial charge on any atom is -0.304 e. The lowest BCUT2D eigenvalue weighted by atomic mass is 10.1. The van der Waals surface area contributed by atoms with E-state index in [1.807, 2.05) is 0 Å². The van der Waals surface area contributed by atoms with Gasteiger partial charge >= 0.3 is 0 Å². The molecular formula is C9H11F2NOS. The van der Waals surface area contributed by atoms with Crippen molar-refractivity contribution >= 4 is 11.8 Å². The second-order valence-electron chi connectivity index (χ2n) is 2.70. The molecule has 0 radical (unpaired) electrons. The van der Waals surface area contributed by atoms with Gasteiger partial charge in [0.15, 0.2) is 0 Å². The quantitative estimate of drug-likeness (QED) is 0.622. The Kier molecular flexibility index (Phi) is 4.31. The first-order valence-corrected chi connectivity index (χ1v) is 5.25. The summed E-state index contributed by atoms with van der Waals surface area (Å²) in [6.07, 6.45) is 1.97. The summed E-state index contributed by atoms with van der Waals surface area (Å²) in [6, 6.07) is 2.37. The summed E-state index contributed by atoms with van der Waals surface area (Å²) in [6.45, 7) is 0.176. The van der Waals surface area contributed by atoms with Crippen LogP contribution < -0.4 is 5.90 Å². The first-order valence-electron chi connectivity index (χ1n) is 4.02. The van der Waals surface area contributed by atoms with Crippen molar-refractivity contribution in [1.82, 2.24) is 0 Å². The van der Waals surface area contributed by atoms with Crippen LogP contribution in [-0.2, 0) is 11.3 Å². The van der Waals surface area contributed by atoms with Gasteiger partial charge in [-0.15, -0.1) is 11.8 Å². The molecule has 0 bridgehead atoms. The monoisotopic (exact) mass is 219 g/mol. The zero-order chi connectivity index (χ0) is 10.6. The summed E-state index contributed by atoms with van der Waals surface area (Å²) in [5, 5.41) is 0. The van der Waals surface area contributed by atoms with E-state index in [4.69, 9.17) is 5.90 Å². The van der Waals surface area contributed by atoms with Crippen LogP contribution in [-0.4, -0.2) is 12.9 Å². The fourth-order valence-electron chi connectivity index (χ4n) is 1.09. The van der Waals surface area contributed by atoms with Gasteiger partial charge in [-0.2, -0.15) is 0 Å². The molecule has 0 atom stereocenters. The van der Waals surface area contributed by atoms with Crippen molar-refractivity contribution in [3.63, 3.8) is 0 Å². The van der Waals surface area contributed by atoms with Crippen molar-refractivity contribution < 1.29 is 13.6 Å². The van der Waals surface area contributed by atoms with Gasteiger partial charge in [0, 0.05) is 11.3 Å². The van der Waals surface area contributed by atoms with Crippen LogP contribution >= 0.6 is 11.8 Å². The van der Waals surface area contributed by atoms with Gasteiger partial charge in [0.05, 0.1) is 6.61 Å². The SMILES string of the molecule is CSc1cc(F)c(CCON)cc1F. The summed E-state index contributed by atoms with van der Waals surface area (Å²) in [5.74, 6) is 3.97. The summed E-state index contributed by atoms with van der Waals surface area (Å²) in [7, 11) is 0. The molecule has 0 spiro atoms. The third-order valence-corrected chi connectivity index (χ3v) is 2.56. The van der Waals surface area contributed by atoms with Crippen molar-refractivity contribution in [3.05, 3.63) is 29.3 Å². The summed E-state index contributed by atoms with van der Waals surface area (Å²) >= 11 is 1.17. The highest BCUT2D eigenvalue weighted by Crippen LogP contribution is 2.22. The van der Waals surface area contributed by atoms with E-state index < -0.39 is 11.6 Å². The van der Waals surface area contributed by atoms with Gasteiger partial charge in [-0.05, 0) is 24.0 Å². The Labute approximate surface area is 85.4 Å². The van der Waals surface area contributed by atoms with Crippen LogP contribution in [0.3, 0.4) is 0 Å². The lowest BCUT2D eigenvalue weighted by molar-refractivity contribution is 0.140. The smallest absolute Gasteiger partial charge is 0.137 e. The minimum absolute atomic E-state index is 0.176. The number of thioether (sulfide) groups is 1. The Morgan fingerprint density at radius 3 is 2.64 bits per heavy atom. The third-order valence-electron chi connectivity index (χ3n) is 1.81. The molecule has 78 valence electrons. The standard InChI is InChI=1S/C9H11F2NOS/c1-14-9-5-7(10)6(2-3-13-12)4-8(9)11/h4-5H,2-3,12H2,1H3. The molecule has 0 unspecified atom stereocenters. The van der Waals surface area contributed by atoms with Crippen LogP contribution in [0, 0.1) is 11.6 Å². The van der Waals surface area contributed by atoms with Gasteiger partial charge in [0.2, 0.25) is 0 Å². The predicted molar refractivity (Wildman–Crippen MR) is 52.0 cm³/mol. The van der Waals surface area contributed by atoms with E-state index in [9.17, 15) is 8.78 Å². The van der Waals surface area contributed by atoms with Crippen molar-refractivity contribution in [2.24, 2.45) is 5.90 Å². The second kappa shape index (κ2) is 5.29. The molecule has 14 heavy (non-hydrogen) atoms. The summed E-state index contributed by atoms with van der Waals surface area (Å²) in [4.78, 5) is 4.61. The van der Waals surface area contributed by atoms with Crippen LogP contribution in [0.4, 0.5) is 8.78 Å². The van der Waals surface area contributed by atoms with Gasteiger partial charge in [-0.3, -0.25) is 0 Å². The molecule has 2 nitrogen and oxygen atoms in total. The number of hydrogen-bond acceptors (Lipinski definition) is 3. The first-order chi connectivity index (χ1) is 6.69. The van der Waals surface area contributed by atoms with E-state index in [1.54, 1.807) is 6.26 Å². The van der Waals surface area contributed by atoms with Crippen LogP contribution in [0.5, 0.6) is 0 Å². The Morgan fingerprint density at radius 2 is 2.07 bits per heavy atom. The highest BCUT2D eigenvalue weighted by Gasteiger charge is 2.08. The molecule has 0 heterocycles. The van der Waals surface area contributed by atoms with E-state index in [0.29, 0.717) is 4.90 Å². The van der Waals surface area contributed by atoms with E-state index >= 15 is 0 Å². The Bertz CT molecular complexity index is 320. The minimum atomic E-state index is -0.423. The maximum absolute atomic E-state index is 13.3. The zero-order valence-corrected chi connectivity index (χ0v) is 8.54. The molecule has 0 fully saturated rings. The number of benzene rings is 1. The Balaban J connectivity index is 2.90. The zero-order valence-electron chi connectivity index (χ0n) is 7.72. The first kappa shape index (κ1) is 11.4. The van der Waals surface area contributed by atoms with Crippen LogP contribution in [0.15, 0.2) is 17.0 Å². The van der Waals surface area contributed by atoms with E-state index in [1.165, 1.54) is 23.9 Å². The van der Waals surface area contributed by atoms with Crippen molar-refractivity contribution in [3.8, 4) is 0 Å². The van der Waals surface area contributed by atoms with E-state index in [0.717, 1.165) is 0 Å². The summed E-state index contributed by atoms with van der Waals surface area (Å²) < 4.78 is 26.5. The molecule has 0 aromatic heterocycles. The molecule has 0 aliphatic heterocycles. The summed E-state index contributed by atoms with van der Waals surface area (Å²) in [5.41, 5.74) is 0.283. The number of nitrogens with two attached hydrogens (primary N) is 1. The van der Waals surface area contributed by atoms with Crippen LogP contribution in [0.2, 0.25) is 0 Å². The fourth-order valence-corrected chi connectivity index (χ4v) is 1.56. The molecule has 0 amide bonds. The molecule has 0 aliphatic carbocycles. The second-order valence-corrected chi connectivity index (χ2v) is 3.55.